The standard InChI is InChI=1S/C9H17NO3/c1-9(2,3)13-8(12)7(10)5-4-6-11/h6-7H,4-5,10H2,1-3H3. The van der Waals surface area contributed by atoms with E-state index in [0.717, 1.165) is 6.29 Å². The molecule has 0 heterocycles. The van der Waals surface area contributed by atoms with Gasteiger partial charge in [0.25, 0.3) is 0 Å². The molecule has 2 N–H and O–H groups in total. The van der Waals surface area contributed by atoms with Crippen LogP contribution >= 0.6 is 0 Å². The van der Waals surface area contributed by atoms with E-state index in [1.807, 2.05) is 0 Å². The number of aldehydes is 1. The van der Waals surface area contributed by atoms with Gasteiger partial charge < -0.3 is 15.3 Å². The lowest BCUT2D eigenvalue weighted by Crippen LogP contribution is -2.37. The quantitative estimate of drug-likeness (QED) is 0.518. The number of carbonyl (C=O) groups is 2. The lowest BCUT2D eigenvalue weighted by molar-refractivity contribution is -0.156. The third kappa shape index (κ3) is 6.28. The maximum atomic E-state index is 11.2. The van der Waals surface area contributed by atoms with Crippen LogP contribution in [0.5, 0.6) is 0 Å². The van der Waals surface area contributed by atoms with Gasteiger partial charge in [-0.05, 0) is 27.2 Å². The third-order valence-corrected chi connectivity index (χ3v) is 1.31. The fourth-order valence-electron chi connectivity index (χ4n) is 0.743. The Bertz CT molecular complexity index is 184. The number of esters is 1. The molecule has 0 rings (SSSR count). The molecule has 0 aliphatic heterocycles. The van der Waals surface area contributed by atoms with Crippen molar-refractivity contribution < 1.29 is 14.3 Å². The number of nitrogens with two attached hydrogens (primary N) is 1. The Kier molecular flexibility index (Phi) is 4.62. The molecule has 0 aromatic heterocycles. The molecule has 13 heavy (non-hydrogen) atoms. The van der Waals surface area contributed by atoms with Gasteiger partial charge in [-0.15, -0.1) is 0 Å². The summed E-state index contributed by atoms with van der Waals surface area (Å²) in [4.78, 5) is 21.2. The van der Waals surface area contributed by atoms with Crippen molar-refractivity contribution in [3.8, 4) is 0 Å². The first-order valence-corrected chi connectivity index (χ1v) is 4.29. The second-order valence-electron chi connectivity index (χ2n) is 3.88. The van der Waals surface area contributed by atoms with Crippen LogP contribution in [-0.2, 0) is 14.3 Å². The second kappa shape index (κ2) is 4.97. The van der Waals surface area contributed by atoms with Crippen molar-refractivity contribution >= 4 is 12.3 Å². The van der Waals surface area contributed by atoms with E-state index in [0.29, 0.717) is 12.8 Å². The third-order valence-electron chi connectivity index (χ3n) is 1.31. The van der Waals surface area contributed by atoms with Crippen molar-refractivity contribution in [2.75, 3.05) is 0 Å². The number of rotatable bonds is 4. The molecule has 0 spiro atoms. The van der Waals surface area contributed by atoms with E-state index in [1.54, 1.807) is 20.8 Å². The molecule has 0 fully saturated rings. The van der Waals surface area contributed by atoms with Crippen LogP contribution in [0.1, 0.15) is 33.6 Å². The minimum Gasteiger partial charge on any atom is -0.459 e. The van der Waals surface area contributed by atoms with E-state index in [-0.39, 0.29) is 0 Å². The average Bonchev–Trinajstić information content (AvgIpc) is 1.96. The van der Waals surface area contributed by atoms with Crippen LogP contribution in [-0.4, -0.2) is 23.9 Å². The smallest absolute Gasteiger partial charge is 0.323 e. The molecule has 0 radical (unpaired) electrons. The molecule has 0 aliphatic rings. The second-order valence-corrected chi connectivity index (χ2v) is 3.88. The van der Waals surface area contributed by atoms with Crippen molar-refractivity contribution in [1.82, 2.24) is 0 Å². The van der Waals surface area contributed by atoms with E-state index < -0.39 is 17.6 Å². The topological polar surface area (TPSA) is 69.4 Å². The zero-order valence-electron chi connectivity index (χ0n) is 8.37. The first-order chi connectivity index (χ1) is 5.87. The van der Waals surface area contributed by atoms with Crippen LogP contribution in [0.4, 0.5) is 0 Å². The van der Waals surface area contributed by atoms with Gasteiger partial charge >= 0.3 is 5.97 Å². The summed E-state index contributed by atoms with van der Waals surface area (Å²) in [5, 5.41) is 0. The zero-order valence-corrected chi connectivity index (χ0v) is 8.37. The Morgan fingerprint density at radius 3 is 2.46 bits per heavy atom. The van der Waals surface area contributed by atoms with Gasteiger partial charge in [-0.3, -0.25) is 4.79 Å². The van der Waals surface area contributed by atoms with Crippen LogP contribution in [0.2, 0.25) is 0 Å². The molecule has 1 unspecified atom stereocenters. The van der Waals surface area contributed by atoms with Crippen LogP contribution in [0.3, 0.4) is 0 Å². The van der Waals surface area contributed by atoms with E-state index in [1.165, 1.54) is 0 Å². The predicted octanol–water partition coefficient (Wildman–Crippen LogP) is 0.634. The molecule has 0 aromatic carbocycles. The SMILES string of the molecule is CC(C)(C)OC(=O)C(N)CCC=O. The van der Waals surface area contributed by atoms with E-state index in [4.69, 9.17) is 10.5 Å². The van der Waals surface area contributed by atoms with Gasteiger partial charge in [0.2, 0.25) is 0 Å². The Morgan fingerprint density at radius 2 is 2.08 bits per heavy atom. The highest BCUT2D eigenvalue weighted by molar-refractivity contribution is 5.76. The summed E-state index contributed by atoms with van der Waals surface area (Å²) in [6, 6.07) is -0.690. The van der Waals surface area contributed by atoms with E-state index in [9.17, 15) is 9.59 Å². The highest BCUT2D eigenvalue weighted by atomic mass is 16.6. The molecule has 0 amide bonds. The van der Waals surface area contributed by atoms with Crippen molar-refractivity contribution in [2.24, 2.45) is 5.73 Å². The molecule has 4 nitrogen and oxygen atoms in total. The Hall–Kier alpha value is -0.900. The monoisotopic (exact) mass is 187 g/mol. The fraction of sp³-hybridized carbons (Fsp3) is 0.778. The molecule has 0 bridgehead atoms. The first kappa shape index (κ1) is 12.1. The van der Waals surface area contributed by atoms with Gasteiger partial charge in [-0.1, -0.05) is 0 Å². The minimum atomic E-state index is -0.690. The highest BCUT2D eigenvalue weighted by Crippen LogP contribution is 2.09. The lowest BCUT2D eigenvalue weighted by atomic mass is 10.1. The van der Waals surface area contributed by atoms with Gasteiger partial charge in [0, 0.05) is 6.42 Å². The van der Waals surface area contributed by atoms with Crippen molar-refractivity contribution in [3.05, 3.63) is 0 Å². The van der Waals surface area contributed by atoms with Gasteiger partial charge in [-0.2, -0.15) is 0 Å². The molecule has 4 heteroatoms. The van der Waals surface area contributed by atoms with Crippen molar-refractivity contribution in [1.29, 1.82) is 0 Å². The fourth-order valence-corrected chi connectivity index (χ4v) is 0.743. The predicted molar refractivity (Wildman–Crippen MR) is 49.1 cm³/mol. The van der Waals surface area contributed by atoms with Gasteiger partial charge in [0.15, 0.2) is 0 Å². The number of ether oxygens (including phenoxy) is 1. The summed E-state index contributed by atoms with van der Waals surface area (Å²) in [6.07, 6.45) is 1.38. The summed E-state index contributed by atoms with van der Waals surface area (Å²) in [5.74, 6) is -0.450. The number of hydrogen-bond acceptors (Lipinski definition) is 4. The molecule has 76 valence electrons. The summed E-state index contributed by atoms with van der Waals surface area (Å²) >= 11 is 0. The molecule has 0 saturated carbocycles. The summed E-state index contributed by atoms with van der Waals surface area (Å²) in [6.45, 7) is 5.33. The Morgan fingerprint density at radius 1 is 1.54 bits per heavy atom. The van der Waals surface area contributed by atoms with E-state index >= 15 is 0 Å². The highest BCUT2D eigenvalue weighted by Gasteiger charge is 2.21. The number of hydrogen-bond donors (Lipinski definition) is 1. The molecular formula is C9H17NO3. The lowest BCUT2D eigenvalue weighted by Gasteiger charge is -2.21. The Balaban J connectivity index is 3.89. The van der Waals surface area contributed by atoms with Crippen molar-refractivity contribution in [2.45, 2.75) is 45.3 Å². The molecule has 0 aliphatic carbocycles. The van der Waals surface area contributed by atoms with E-state index in [2.05, 4.69) is 0 Å². The zero-order chi connectivity index (χ0) is 10.5. The van der Waals surface area contributed by atoms with Crippen LogP contribution in [0.15, 0.2) is 0 Å². The minimum absolute atomic E-state index is 0.292. The first-order valence-electron chi connectivity index (χ1n) is 4.29. The van der Waals surface area contributed by atoms with Gasteiger partial charge in [0.05, 0.1) is 0 Å². The maximum Gasteiger partial charge on any atom is 0.323 e. The Labute approximate surface area is 78.4 Å². The van der Waals surface area contributed by atoms with Crippen LogP contribution in [0, 0.1) is 0 Å². The normalized spacial score (nSPS) is 13.5. The van der Waals surface area contributed by atoms with Gasteiger partial charge in [0.1, 0.15) is 17.9 Å². The number of carbonyl (C=O) groups excluding carboxylic acids is 2. The van der Waals surface area contributed by atoms with Gasteiger partial charge in [-0.25, -0.2) is 0 Å². The molecule has 0 aromatic rings. The average molecular weight is 187 g/mol. The molecule has 0 saturated heterocycles. The largest absolute Gasteiger partial charge is 0.459 e. The van der Waals surface area contributed by atoms with Crippen LogP contribution in [0.25, 0.3) is 0 Å². The summed E-state index contributed by atoms with van der Waals surface area (Å²) in [5.41, 5.74) is 4.96. The van der Waals surface area contributed by atoms with Crippen molar-refractivity contribution in [3.63, 3.8) is 0 Å². The van der Waals surface area contributed by atoms with Crippen LogP contribution < -0.4 is 5.73 Å². The molecule has 1 atom stereocenters. The summed E-state index contributed by atoms with van der Waals surface area (Å²) in [7, 11) is 0. The summed E-state index contributed by atoms with van der Waals surface area (Å²) < 4.78 is 5.02. The molecular weight excluding hydrogens is 170 g/mol. The maximum absolute atomic E-state index is 11.2.